The number of carbonyl (C=O) groups is 1. The van der Waals surface area contributed by atoms with Crippen LogP contribution in [0, 0.1) is 5.82 Å². The first-order valence-electron chi connectivity index (χ1n) is 11.3. The molecule has 1 aromatic carbocycles. The second-order valence-corrected chi connectivity index (χ2v) is 8.47. The number of ether oxygens (including phenoxy) is 1. The molecule has 10 heteroatoms. The lowest BCUT2D eigenvalue weighted by Crippen LogP contribution is -2.49. The fraction of sp³-hybridized carbons (Fsp3) is 0.320. The van der Waals surface area contributed by atoms with E-state index in [-0.39, 0.29) is 17.9 Å². The van der Waals surface area contributed by atoms with E-state index in [1.807, 2.05) is 24.8 Å². The van der Waals surface area contributed by atoms with E-state index in [9.17, 15) is 14.3 Å². The molecule has 35 heavy (non-hydrogen) atoms. The van der Waals surface area contributed by atoms with Crippen molar-refractivity contribution in [3.05, 3.63) is 71.6 Å². The second kappa shape index (κ2) is 11.9. The van der Waals surface area contributed by atoms with Crippen LogP contribution in [0.2, 0.25) is 0 Å². The number of benzene rings is 1. The van der Waals surface area contributed by atoms with Crippen molar-refractivity contribution in [1.29, 1.82) is 0 Å². The van der Waals surface area contributed by atoms with Crippen molar-refractivity contribution in [2.45, 2.75) is 13.8 Å². The Balaban J connectivity index is 1.91. The van der Waals surface area contributed by atoms with Crippen LogP contribution in [0.3, 0.4) is 0 Å². The molecule has 2 aliphatic heterocycles. The number of carbonyl (C=O) groups excluding carboxylic acids is 1. The van der Waals surface area contributed by atoms with Crippen LogP contribution in [-0.2, 0) is 4.74 Å². The van der Waals surface area contributed by atoms with Gasteiger partial charge in [0.05, 0.1) is 30.2 Å². The number of allylic oxidation sites excluding steroid dienone is 3. The molecule has 0 bridgehead atoms. The molecule has 2 saturated heterocycles. The summed E-state index contributed by atoms with van der Waals surface area (Å²) in [5.41, 5.74) is 1.60. The SMILES string of the molecule is C=C1NCCN(C(=O)c2c(P)ccc(F)c2O)C1=NC(=C\C)/C(/C=N\C(=C)N1CCOCC1)=C/C. The number of nitrogens with one attached hydrogen (secondary N) is 1. The van der Waals surface area contributed by atoms with Crippen LogP contribution in [0.5, 0.6) is 5.75 Å². The van der Waals surface area contributed by atoms with Crippen molar-refractivity contribution in [3.8, 4) is 5.75 Å². The van der Waals surface area contributed by atoms with Gasteiger partial charge in [-0.2, -0.15) is 0 Å². The molecular weight excluding hydrogens is 468 g/mol. The summed E-state index contributed by atoms with van der Waals surface area (Å²) in [4.78, 5) is 26.1. The Morgan fingerprint density at radius 3 is 2.63 bits per heavy atom. The zero-order valence-corrected chi connectivity index (χ0v) is 21.2. The third-order valence-electron chi connectivity index (χ3n) is 5.65. The highest BCUT2D eigenvalue weighted by atomic mass is 31.0. The predicted molar refractivity (Wildman–Crippen MR) is 141 cm³/mol. The maximum absolute atomic E-state index is 14.0. The van der Waals surface area contributed by atoms with E-state index in [1.54, 1.807) is 12.3 Å². The molecule has 0 aliphatic carbocycles. The summed E-state index contributed by atoms with van der Waals surface area (Å²) in [6.45, 7) is 15.2. The molecule has 8 nitrogen and oxygen atoms in total. The van der Waals surface area contributed by atoms with Gasteiger partial charge in [-0.05, 0) is 25.2 Å². The number of amidine groups is 1. The number of halogens is 1. The molecule has 2 aliphatic rings. The fourth-order valence-corrected chi connectivity index (χ4v) is 4.04. The second-order valence-electron chi connectivity index (χ2n) is 7.85. The van der Waals surface area contributed by atoms with Crippen LogP contribution in [0.15, 0.2) is 70.2 Å². The number of aromatic hydroxyl groups is 1. The number of hydrogen-bond donors (Lipinski definition) is 2. The number of piperazine rings is 1. The van der Waals surface area contributed by atoms with Crippen molar-refractivity contribution in [2.75, 3.05) is 39.4 Å². The maximum atomic E-state index is 14.0. The Morgan fingerprint density at radius 2 is 1.97 bits per heavy atom. The summed E-state index contributed by atoms with van der Waals surface area (Å²) in [5, 5.41) is 13.7. The van der Waals surface area contributed by atoms with Crippen LogP contribution in [0.1, 0.15) is 24.2 Å². The lowest BCUT2D eigenvalue weighted by atomic mass is 10.1. The predicted octanol–water partition coefficient (Wildman–Crippen LogP) is 2.71. The molecule has 1 unspecified atom stereocenters. The van der Waals surface area contributed by atoms with Gasteiger partial charge < -0.3 is 20.1 Å². The highest BCUT2D eigenvalue weighted by molar-refractivity contribution is 7.27. The van der Waals surface area contributed by atoms with Gasteiger partial charge in [0.15, 0.2) is 17.4 Å². The van der Waals surface area contributed by atoms with Crippen LogP contribution in [0.25, 0.3) is 0 Å². The molecule has 2 fully saturated rings. The molecule has 2 N–H and O–H groups in total. The Kier molecular flexibility index (Phi) is 8.95. The first-order valence-corrected chi connectivity index (χ1v) is 11.9. The zero-order valence-electron chi connectivity index (χ0n) is 20.1. The highest BCUT2D eigenvalue weighted by Gasteiger charge is 2.30. The largest absolute Gasteiger partial charge is 0.504 e. The van der Waals surface area contributed by atoms with Gasteiger partial charge in [0.1, 0.15) is 5.82 Å². The Bertz CT molecular complexity index is 1140. The number of amides is 1. The third-order valence-corrected chi connectivity index (χ3v) is 6.14. The van der Waals surface area contributed by atoms with Crippen molar-refractivity contribution in [1.82, 2.24) is 15.1 Å². The van der Waals surface area contributed by atoms with E-state index < -0.39 is 17.5 Å². The molecule has 0 aromatic heterocycles. The number of hydrogen-bond acceptors (Lipinski definition) is 7. The topological polar surface area (TPSA) is 89.8 Å². The van der Waals surface area contributed by atoms with E-state index >= 15 is 0 Å². The van der Waals surface area contributed by atoms with Gasteiger partial charge in [0.25, 0.3) is 5.91 Å². The van der Waals surface area contributed by atoms with E-state index in [0.29, 0.717) is 42.3 Å². The average molecular weight is 500 g/mol. The van der Waals surface area contributed by atoms with E-state index in [2.05, 4.69) is 32.7 Å². The van der Waals surface area contributed by atoms with Gasteiger partial charge in [-0.3, -0.25) is 9.69 Å². The summed E-state index contributed by atoms with van der Waals surface area (Å²) in [5.74, 6) is -1.22. The van der Waals surface area contributed by atoms with Crippen molar-refractivity contribution in [3.63, 3.8) is 0 Å². The molecule has 0 spiro atoms. The number of nitrogens with zero attached hydrogens (tertiary/aromatic N) is 4. The quantitative estimate of drug-likeness (QED) is 0.357. The number of aliphatic imine (C=N–C) groups is 2. The molecule has 1 amide bonds. The molecule has 186 valence electrons. The molecule has 1 atom stereocenters. The lowest BCUT2D eigenvalue weighted by molar-refractivity contribution is 0.0534. The van der Waals surface area contributed by atoms with Crippen molar-refractivity contribution in [2.24, 2.45) is 9.98 Å². The van der Waals surface area contributed by atoms with Crippen LogP contribution >= 0.6 is 9.24 Å². The summed E-state index contributed by atoms with van der Waals surface area (Å²) in [6.07, 6.45) is 5.35. The molecule has 3 rings (SSSR count). The summed E-state index contributed by atoms with van der Waals surface area (Å²) in [7, 11) is 2.35. The summed E-state index contributed by atoms with van der Waals surface area (Å²) < 4.78 is 19.4. The third kappa shape index (κ3) is 6.05. The monoisotopic (exact) mass is 499 g/mol. The number of phenolic OH excluding ortho intramolecular Hbond substituents is 1. The van der Waals surface area contributed by atoms with Gasteiger partial charge in [0.2, 0.25) is 0 Å². The van der Waals surface area contributed by atoms with Gasteiger partial charge in [-0.1, -0.05) is 31.4 Å². The van der Waals surface area contributed by atoms with Crippen LogP contribution in [-0.4, -0.2) is 72.3 Å². The van der Waals surface area contributed by atoms with Crippen molar-refractivity contribution < 1.29 is 19.0 Å². The minimum Gasteiger partial charge on any atom is -0.504 e. The number of morpholine rings is 1. The average Bonchev–Trinajstić information content (AvgIpc) is 2.87. The zero-order chi connectivity index (χ0) is 25.5. The van der Waals surface area contributed by atoms with Gasteiger partial charge >= 0.3 is 0 Å². The Labute approximate surface area is 207 Å². The maximum Gasteiger partial charge on any atom is 0.264 e. The normalized spacial score (nSPS) is 18.9. The smallest absolute Gasteiger partial charge is 0.264 e. The highest BCUT2D eigenvalue weighted by Crippen LogP contribution is 2.24. The minimum absolute atomic E-state index is 0.131. The first-order chi connectivity index (χ1) is 16.8. The fourth-order valence-electron chi connectivity index (χ4n) is 3.68. The first kappa shape index (κ1) is 26.3. The van der Waals surface area contributed by atoms with E-state index in [4.69, 9.17) is 9.73 Å². The number of phenols is 1. The standard InChI is InChI=1S/C25H31FN5O3P/c1-5-18(15-28-17(4)30-11-13-34-14-12-30)20(6-2)29-24-16(3)27-9-10-31(24)25(33)22-21(35)8-7-19(26)23(22)32/h5-8,15,27,32H,3-4,9-14,35H2,1-2H3/b18-5+,20-6-,28-15-,29-24?. The van der Waals surface area contributed by atoms with Crippen LogP contribution in [0.4, 0.5) is 4.39 Å². The Morgan fingerprint density at radius 1 is 1.26 bits per heavy atom. The van der Waals surface area contributed by atoms with Crippen molar-refractivity contribution >= 4 is 32.5 Å². The Hall–Kier alpha value is -3.29. The van der Waals surface area contributed by atoms with Gasteiger partial charge in [-0.25, -0.2) is 14.4 Å². The molecule has 0 saturated carbocycles. The van der Waals surface area contributed by atoms with E-state index in [1.165, 1.54) is 11.0 Å². The minimum atomic E-state index is -0.867. The molecule has 1 aromatic rings. The van der Waals surface area contributed by atoms with Crippen LogP contribution < -0.4 is 10.6 Å². The number of rotatable bonds is 6. The molecule has 0 radical (unpaired) electrons. The molecular formula is C25H31FN5O3P. The van der Waals surface area contributed by atoms with Gasteiger partial charge in [-0.15, -0.1) is 9.24 Å². The summed E-state index contributed by atoms with van der Waals surface area (Å²) >= 11 is 0. The van der Waals surface area contributed by atoms with E-state index in [0.717, 1.165) is 24.7 Å². The molecule has 2 heterocycles. The summed E-state index contributed by atoms with van der Waals surface area (Å²) in [6, 6.07) is 2.54. The van der Waals surface area contributed by atoms with Gasteiger partial charge in [0, 0.05) is 38.0 Å². The lowest BCUT2D eigenvalue weighted by Gasteiger charge is -2.31.